The van der Waals surface area contributed by atoms with E-state index in [1.165, 1.54) is 0 Å². The van der Waals surface area contributed by atoms with E-state index in [0.29, 0.717) is 13.0 Å². The first-order chi connectivity index (χ1) is 5.99. The third kappa shape index (κ3) is 7.93. The molecule has 0 aromatic rings. The Kier molecular flexibility index (Phi) is 5.90. The summed E-state index contributed by atoms with van der Waals surface area (Å²) >= 11 is 0. The molecule has 0 saturated carbocycles. The third-order valence-electron chi connectivity index (χ3n) is 1.71. The molecule has 78 valence electrons. The minimum atomic E-state index is -3.80. The van der Waals surface area contributed by atoms with Crippen molar-refractivity contribution in [3.8, 4) is 0 Å². The lowest BCUT2D eigenvalue weighted by Crippen LogP contribution is -2.05. The molecule has 0 radical (unpaired) electrons. The average Bonchev–Trinajstić information content (AvgIpc) is 2.03. The zero-order chi connectivity index (χ0) is 10.3. The standard InChI is InChI=1S/C8H17NO3S/c1-3-8(4-2)9-6-5-7-13(10,11)12/h3-7H2,1-2H3,(H,10,11,12). The van der Waals surface area contributed by atoms with E-state index in [-0.39, 0.29) is 5.75 Å². The lowest BCUT2D eigenvalue weighted by atomic mass is 10.2. The topological polar surface area (TPSA) is 66.7 Å². The maximum atomic E-state index is 10.3. The number of hydrogen-bond donors (Lipinski definition) is 1. The Balaban J connectivity index is 3.73. The number of nitrogens with zero attached hydrogens (tertiary/aromatic N) is 1. The summed E-state index contributed by atoms with van der Waals surface area (Å²) in [6.45, 7) is 4.52. The van der Waals surface area contributed by atoms with Gasteiger partial charge in [0.1, 0.15) is 0 Å². The van der Waals surface area contributed by atoms with Gasteiger partial charge in [-0.2, -0.15) is 8.42 Å². The monoisotopic (exact) mass is 207 g/mol. The van der Waals surface area contributed by atoms with Crippen LogP contribution in [0.25, 0.3) is 0 Å². The van der Waals surface area contributed by atoms with Crippen molar-refractivity contribution in [3.63, 3.8) is 0 Å². The second-order valence-corrected chi connectivity index (χ2v) is 4.37. The van der Waals surface area contributed by atoms with Gasteiger partial charge in [0.05, 0.1) is 5.75 Å². The molecule has 0 rings (SSSR count). The lowest BCUT2D eigenvalue weighted by Gasteiger charge is -1.99. The second kappa shape index (κ2) is 6.10. The molecule has 13 heavy (non-hydrogen) atoms. The number of hydrogen-bond acceptors (Lipinski definition) is 3. The van der Waals surface area contributed by atoms with Crippen molar-refractivity contribution >= 4 is 15.8 Å². The summed E-state index contributed by atoms with van der Waals surface area (Å²) in [7, 11) is -3.80. The van der Waals surface area contributed by atoms with E-state index < -0.39 is 10.1 Å². The molecule has 0 heterocycles. The van der Waals surface area contributed by atoms with Crippen LogP contribution in [0.15, 0.2) is 4.99 Å². The van der Waals surface area contributed by atoms with Crippen LogP contribution in [0.4, 0.5) is 0 Å². The largest absolute Gasteiger partial charge is 0.294 e. The molecule has 0 unspecified atom stereocenters. The first-order valence-electron chi connectivity index (χ1n) is 4.47. The number of aliphatic imine (C=N–C) groups is 1. The van der Waals surface area contributed by atoms with Gasteiger partial charge >= 0.3 is 0 Å². The quantitative estimate of drug-likeness (QED) is 0.408. The van der Waals surface area contributed by atoms with Gasteiger partial charge in [-0.1, -0.05) is 13.8 Å². The van der Waals surface area contributed by atoms with Gasteiger partial charge in [0, 0.05) is 12.3 Å². The Bertz CT molecular complexity index is 251. The zero-order valence-electron chi connectivity index (χ0n) is 8.15. The van der Waals surface area contributed by atoms with Crippen molar-refractivity contribution in [2.45, 2.75) is 33.1 Å². The van der Waals surface area contributed by atoms with Crippen LogP contribution in [0, 0.1) is 0 Å². The molecular formula is C8H17NO3S. The summed E-state index contributed by atoms with van der Waals surface area (Å²) in [6, 6.07) is 0. The molecule has 0 aromatic heterocycles. The van der Waals surface area contributed by atoms with E-state index in [1.54, 1.807) is 0 Å². The molecule has 4 nitrogen and oxygen atoms in total. The maximum absolute atomic E-state index is 10.3. The van der Waals surface area contributed by atoms with Gasteiger partial charge in [0.25, 0.3) is 10.1 Å². The van der Waals surface area contributed by atoms with Crippen molar-refractivity contribution in [2.75, 3.05) is 12.3 Å². The molecule has 0 aliphatic carbocycles. The van der Waals surface area contributed by atoms with Crippen LogP contribution in [0.3, 0.4) is 0 Å². The summed E-state index contributed by atoms with van der Waals surface area (Å²) in [6.07, 6.45) is 2.20. The molecule has 0 bridgehead atoms. The molecule has 0 aromatic carbocycles. The molecule has 0 saturated heterocycles. The third-order valence-corrected chi connectivity index (χ3v) is 2.52. The SMILES string of the molecule is CCC(CC)=NCCCS(=O)(=O)O. The molecule has 0 spiro atoms. The minimum absolute atomic E-state index is 0.197. The minimum Gasteiger partial charge on any atom is -0.294 e. The molecule has 0 atom stereocenters. The molecule has 0 aliphatic rings. The van der Waals surface area contributed by atoms with Crippen LogP contribution in [-0.2, 0) is 10.1 Å². The summed E-state index contributed by atoms with van der Waals surface area (Å²) in [5.41, 5.74) is 1.09. The van der Waals surface area contributed by atoms with Crippen molar-refractivity contribution in [1.82, 2.24) is 0 Å². The van der Waals surface area contributed by atoms with Gasteiger partial charge in [-0.25, -0.2) is 0 Å². The zero-order valence-corrected chi connectivity index (χ0v) is 8.97. The van der Waals surface area contributed by atoms with E-state index in [1.807, 2.05) is 13.8 Å². The highest BCUT2D eigenvalue weighted by Gasteiger charge is 2.02. The summed E-state index contributed by atoms with van der Waals surface area (Å²) in [5, 5.41) is 0. The molecular weight excluding hydrogens is 190 g/mol. The Hall–Kier alpha value is -0.420. The average molecular weight is 207 g/mol. The van der Waals surface area contributed by atoms with Crippen molar-refractivity contribution in [1.29, 1.82) is 0 Å². The highest BCUT2D eigenvalue weighted by Crippen LogP contribution is 1.95. The van der Waals surface area contributed by atoms with Crippen molar-refractivity contribution in [3.05, 3.63) is 0 Å². The highest BCUT2D eigenvalue weighted by atomic mass is 32.2. The molecule has 0 fully saturated rings. The second-order valence-electron chi connectivity index (χ2n) is 2.79. The van der Waals surface area contributed by atoms with E-state index >= 15 is 0 Å². The van der Waals surface area contributed by atoms with Crippen LogP contribution in [-0.4, -0.2) is 31.0 Å². The Labute approximate surface area is 79.8 Å². The fourth-order valence-corrected chi connectivity index (χ4v) is 1.45. The lowest BCUT2D eigenvalue weighted by molar-refractivity contribution is 0.481. The van der Waals surface area contributed by atoms with Gasteiger partial charge in [-0.15, -0.1) is 0 Å². The van der Waals surface area contributed by atoms with Crippen LogP contribution in [0.2, 0.25) is 0 Å². The molecule has 1 N–H and O–H groups in total. The van der Waals surface area contributed by atoms with E-state index in [0.717, 1.165) is 18.6 Å². The van der Waals surface area contributed by atoms with Crippen LogP contribution in [0.5, 0.6) is 0 Å². The van der Waals surface area contributed by atoms with E-state index in [9.17, 15) is 8.42 Å². The summed E-state index contributed by atoms with van der Waals surface area (Å²) in [5.74, 6) is -0.197. The van der Waals surface area contributed by atoms with E-state index in [2.05, 4.69) is 4.99 Å². The van der Waals surface area contributed by atoms with Gasteiger partial charge in [0.15, 0.2) is 0 Å². The van der Waals surface area contributed by atoms with Crippen LogP contribution in [0.1, 0.15) is 33.1 Å². The van der Waals surface area contributed by atoms with Crippen molar-refractivity contribution < 1.29 is 13.0 Å². The van der Waals surface area contributed by atoms with Gasteiger partial charge < -0.3 is 0 Å². The summed E-state index contributed by atoms with van der Waals surface area (Å²) in [4.78, 5) is 4.20. The highest BCUT2D eigenvalue weighted by molar-refractivity contribution is 7.85. The first-order valence-corrected chi connectivity index (χ1v) is 6.07. The smallest absolute Gasteiger partial charge is 0.264 e. The Morgan fingerprint density at radius 3 is 2.23 bits per heavy atom. The molecule has 5 heteroatoms. The predicted octanol–water partition coefficient (Wildman–Crippen LogP) is 1.53. The van der Waals surface area contributed by atoms with E-state index in [4.69, 9.17) is 4.55 Å². The fourth-order valence-electron chi connectivity index (χ4n) is 0.958. The molecule has 0 aliphatic heterocycles. The predicted molar refractivity (Wildman–Crippen MR) is 53.9 cm³/mol. The number of rotatable bonds is 6. The van der Waals surface area contributed by atoms with Gasteiger partial charge in [-0.3, -0.25) is 9.55 Å². The Morgan fingerprint density at radius 1 is 1.31 bits per heavy atom. The summed E-state index contributed by atoms with van der Waals surface area (Å²) < 4.78 is 29.1. The first kappa shape index (κ1) is 12.6. The normalized spacial score (nSPS) is 11.3. The van der Waals surface area contributed by atoms with Crippen LogP contribution < -0.4 is 0 Å². The molecule has 0 amide bonds. The van der Waals surface area contributed by atoms with Crippen molar-refractivity contribution in [2.24, 2.45) is 4.99 Å². The Morgan fingerprint density at radius 2 is 1.85 bits per heavy atom. The maximum Gasteiger partial charge on any atom is 0.264 e. The fraction of sp³-hybridized carbons (Fsp3) is 0.875. The van der Waals surface area contributed by atoms with Crippen LogP contribution >= 0.6 is 0 Å². The van der Waals surface area contributed by atoms with Gasteiger partial charge in [0.2, 0.25) is 0 Å². The van der Waals surface area contributed by atoms with Gasteiger partial charge in [-0.05, 0) is 19.3 Å².